The molecule has 1 heterocycles. The number of aliphatic hydroxyl groups excluding tert-OH is 1. The average molecular weight is 695 g/mol. The Kier molecular flexibility index (Phi) is 18.6. The fourth-order valence-corrected chi connectivity index (χ4v) is 6.83. The molecule has 0 aromatic carbocycles. The summed E-state index contributed by atoms with van der Waals surface area (Å²) >= 11 is 0. The number of nitrogens with two attached hydrogens (primary N) is 1. The molecular weight excluding hydrogens is 628 g/mol. The zero-order valence-electron chi connectivity index (χ0n) is 31.1. The molecule has 0 radical (unpaired) electrons. The minimum Gasteiger partial charge on any atom is -0.391 e. The van der Waals surface area contributed by atoms with Crippen LogP contribution in [0.3, 0.4) is 0 Å². The lowest BCUT2D eigenvalue weighted by Gasteiger charge is -2.36. The summed E-state index contributed by atoms with van der Waals surface area (Å²) in [5.74, 6) is -3.23. The highest BCUT2D eigenvalue weighted by Crippen LogP contribution is 2.28. The highest BCUT2D eigenvalue weighted by atomic mass is 16.5. The van der Waals surface area contributed by atoms with Crippen LogP contribution < -0.4 is 27.0 Å². The molecule has 0 aromatic rings. The summed E-state index contributed by atoms with van der Waals surface area (Å²) in [6.07, 6.45) is 8.04. The molecule has 13 heteroatoms. The molecule has 1 aliphatic carbocycles. The summed E-state index contributed by atoms with van der Waals surface area (Å²) in [5.41, 5.74) is 5.95. The van der Waals surface area contributed by atoms with Gasteiger partial charge in [-0.25, -0.2) is 0 Å². The molecule has 0 spiro atoms. The molecule has 1 saturated carbocycles. The third-order valence-corrected chi connectivity index (χ3v) is 10.1. The Morgan fingerprint density at radius 3 is 2.12 bits per heavy atom. The minimum absolute atomic E-state index is 0.0760. The lowest BCUT2D eigenvalue weighted by Crippen LogP contribution is -2.62. The average Bonchev–Trinajstić information content (AvgIpc) is 3.08. The molecule has 0 bridgehead atoms. The first-order chi connectivity index (χ1) is 23.2. The van der Waals surface area contributed by atoms with Crippen molar-refractivity contribution in [1.29, 1.82) is 0 Å². The van der Waals surface area contributed by atoms with Crippen molar-refractivity contribution < 1.29 is 33.8 Å². The molecule has 282 valence electrons. The second-order valence-electron chi connectivity index (χ2n) is 14.6. The summed E-state index contributed by atoms with van der Waals surface area (Å²) in [7, 11) is 1.64. The molecule has 0 aromatic heterocycles. The lowest BCUT2D eigenvalue weighted by atomic mass is 9.83. The van der Waals surface area contributed by atoms with Crippen molar-refractivity contribution in [3.63, 3.8) is 0 Å². The Balaban J connectivity index is 2.58. The van der Waals surface area contributed by atoms with Crippen LogP contribution in [-0.4, -0.2) is 102 Å². The van der Waals surface area contributed by atoms with Crippen LogP contribution in [0.2, 0.25) is 0 Å². The second-order valence-corrected chi connectivity index (χ2v) is 14.6. The number of hydrogen-bond donors (Lipinski definition) is 6. The van der Waals surface area contributed by atoms with E-state index < -0.39 is 72.0 Å². The molecular formula is C36H66N6O7. The van der Waals surface area contributed by atoms with E-state index in [1.807, 2.05) is 27.7 Å². The van der Waals surface area contributed by atoms with E-state index in [1.165, 1.54) is 11.8 Å². The van der Waals surface area contributed by atoms with Gasteiger partial charge >= 0.3 is 0 Å². The number of amides is 5. The van der Waals surface area contributed by atoms with E-state index in [1.54, 1.807) is 7.05 Å². The predicted octanol–water partition coefficient (Wildman–Crippen LogP) is 2.13. The number of nitrogens with zero attached hydrogens (tertiary/aromatic N) is 1. The molecule has 1 saturated heterocycles. The monoisotopic (exact) mass is 694 g/mol. The van der Waals surface area contributed by atoms with Crippen molar-refractivity contribution in [3.8, 4) is 0 Å². The topological polar surface area (TPSA) is 192 Å². The minimum atomic E-state index is -1.32. The molecule has 0 unspecified atom stereocenters. The van der Waals surface area contributed by atoms with Crippen molar-refractivity contribution >= 4 is 29.5 Å². The van der Waals surface area contributed by atoms with Crippen molar-refractivity contribution in [2.45, 2.75) is 161 Å². The molecule has 2 fully saturated rings. The molecule has 7 N–H and O–H groups in total. The molecule has 2 aliphatic rings. The first-order valence-corrected chi connectivity index (χ1v) is 18.7. The van der Waals surface area contributed by atoms with Gasteiger partial charge in [0, 0.05) is 13.6 Å². The number of hydrogen-bond acceptors (Lipinski definition) is 8. The van der Waals surface area contributed by atoms with Gasteiger partial charge in [-0.2, -0.15) is 0 Å². The zero-order chi connectivity index (χ0) is 36.7. The number of unbranched alkanes of at least 4 members (excludes halogenated alkanes) is 3. The van der Waals surface area contributed by atoms with Gasteiger partial charge in [0.2, 0.25) is 29.5 Å². The Morgan fingerprint density at radius 2 is 1.55 bits per heavy atom. The lowest BCUT2D eigenvalue weighted by molar-refractivity contribution is -0.147. The summed E-state index contributed by atoms with van der Waals surface area (Å²) in [6.45, 7) is 11.0. The summed E-state index contributed by atoms with van der Waals surface area (Å²) < 4.78 is 6.39. The number of ether oxygens (including phenoxy) is 1. The van der Waals surface area contributed by atoms with Gasteiger partial charge in [0.05, 0.1) is 30.8 Å². The first-order valence-electron chi connectivity index (χ1n) is 18.7. The fraction of sp³-hybridized carbons (Fsp3) is 0.861. The van der Waals surface area contributed by atoms with Crippen LogP contribution in [0.5, 0.6) is 0 Å². The Hall–Kier alpha value is -2.77. The third kappa shape index (κ3) is 13.1. The third-order valence-electron chi connectivity index (χ3n) is 10.1. The normalized spacial score (nSPS) is 30.0. The van der Waals surface area contributed by atoms with Gasteiger partial charge in [0.15, 0.2) is 0 Å². The fourth-order valence-electron chi connectivity index (χ4n) is 6.83. The van der Waals surface area contributed by atoms with Crippen LogP contribution in [-0.2, 0) is 28.7 Å². The van der Waals surface area contributed by atoms with Crippen molar-refractivity contribution in [2.24, 2.45) is 23.5 Å². The highest BCUT2D eigenvalue weighted by Gasteiger charge is 2.39. The number of rotatable bonds is 11. The molecule has 1 aliphatic heterocycles. The zero-order valence-corrected chi connectivity index (χ0v) is 31.1. The number of carbonyl (C=O) groups is 5. The second kappa shape index (κ2) is 21.4. The van der Waals surface area contributed by atoms with Crippen LogP contribution in [0.4, 0.5) is 0 Å². The molecule has 13 nitrogen and oxygen atoms in total. The molecule has 5 amide bonds. The standard InChI is InChI=1S/C36H66N6O7/c1-8-10-11-15-18-29-23(5)36(48)42(7)28(19-22(3)4)33(45)41-31(25-16-13-12-14-17-25)35(47)39-27(20-37)32(44)40-30(24(6)43)34(46)38-26(9-2)21-49-29/h22-31,43H,8-21,37H2,1-7H3,(H,38,46)(H,39,47)(H,40,44)(H,41,45)/t23-,24+,26-,27+,28+,29-,30+,31+/m1/s1. The van der Waals surface area contributed by atoms with E-state index in [0.29, 0.717) is 19.3 Å². The first kappa shape index (κ1) is 42.4. The largest absolute Gasteiger partial charge is 0.391 e. The van der Waals surface area contributed by atoms with E-state index in [0.717, 1.165) is 57.8 Å². The maximum Gasteiger partial charge on any atom is 0.245 e. The van der Waals surface area contributed by atoms with Crippen LogP contribution in [0.25, 0.3) is 0 Å². The van der Waals surface area contributed by atoms with Crippen molar-refractivity contribution in [1.82, 2.24) is 26.2 Å². The summed E-state index contributed by atoms with van der Waals surface area (Å²) in [5, 5.41) is 21.7. The van der Waals surface area contributed by atoms with Crippen LogP contribution in [0.15, 0.2) is 0 Å². The predicted molar refractivity (Wildman–Crippen MR) is 189 cm³/mol. The van der Waals surface area contributed by atoms with Crippen LogP contribution >= 0.6 is 0 Å². The van der Waals surface area contributed by atoms with Crippen LogP contribution in [0, 0.1) is 17.8 Å². The van der Waals surface area contributed by atoms with E-state index in [2.05, 4.69) is 28.2 Å². The molecule has 8 atom stereocenters. The van der Waals surface area contributed by atoms with Gasteiger partial charge in [-0.3, -0.25) is 24.0 Å². The van der Waals surface area contributed by atoms with Gasteiger partial charge < -0.3 is 41.7 Å². The number of likely N-dealkylation sites (N-methyl/N-ethyl adjacent to an activating group) is 1. The quantitative estimate of drug-likeness (QED) is 0.177. The number of carbonyl (C=O) groups excluding carboxylic acids is 5. The Labute approximate surface area is 294 Å². The van der Waals surface area contributed by atoms with E-state index >= 15 is 0 Å². The van der Waals surface area contributed by atoms with Crippen LogP contribution in [0.1, 0.15) is 119 Å². The summed E-state index contributed by atoms with van der Waals surface area (Å²) in [4.78, 5) is 70.5. The van der Waals surface area contributed by atoms with Crippen molar-refractivity contribution in [3.05, 3.63) is 0 Å². The number of aliphatic hydroxyl groups is 1. The smallest absolute Gasteiger partial charge is 0.245 e. The van der Waals surface area contributed by atoms with E-state index in [9.17, 15) is 29.1 Å². The van der Waals surface area contributed by atoms with Gasteiger partial charge in [-0.15, -0.1) is 0 Å². The maximum absolute atomic E-state index is 14.1. The van der Waals surface area contributed by atoms with Gasteiger partial charge in [-0.1, -0.05) is 79.6 Å². The van der Waals surface area contributed by atoms with E-state index in [-0.39, 0.29) is 30.9 Å². The molecule has 2 rings (SSSR count). The van der Waals surface area contributed by atoms with Gasteiger partial charge in [-0.05, 0) is 50.9 Å². The van der Waals surface area contributed by atoms with Crippen molar-refractivity contribution in [2.75, 3.05) is 20.2 Å². The SMILES string of the molecule is CCCCCC[C@H]1OC[C@@H](CC)NC(=O)[C@H]([C@H](C)O)NC(=O)[C@H](CN)NC(=O)[C@H](C2CCCCC2)NC(=O)[C@H](CC(C)C)N(C)C(=O)[C@@H]1C. The molecule has 49 heavy (non-hydrogen) atoms. The Morgan fingerprint density at radius 1 is 0.878 bits per heavy atom. The van der Waals surface area contributed by atoms with E-state index in [4.69, 9.17) is 10.5 Å². The highest BCUT2D eigenvalue weighted by molar-refractivity contribution is 5.96. The van der Waals surface area contributed by atoms with Gasteiger partial charge in [0.25, 0.3) is 0 Å². The maximum atomic E-state index is 14.1. The van der Waals surface area contributed by atoms with Gasteiger partial charge in [0.1, 0.15) is 24.2 Å². The summed E-state index contributed by atoms with van der Waals surface area (Å²) in [6, 6.07) is -4.80. The number of nitrogens with one attached hydrogen (secondary N) is 4. The Bertz CT molecular complexity index is 1070.